The van der Waals surface area contributed by atoms with Gasteiger partial charge >= 0.3 is 0 Å². The maximum atomic E-state index is 9.17. The summed E-state index contributed by atoms with van der Waals surface area (Å²) in [6.07, 6.45) is 4.59. The van der Waals surface area contributed by atoms with Gasteiger partial charge < -0.3 is 10.8 Å². The number of hydrogen-bond donors (Lipinski definition) is 2. The second-order valence-electron chi connectivity index (χ2n) is 2.52. The molecule has 0 amide bonds. The van der Waals surface area contributed by atoms with Crippen LogP contribution in [0.5, 0.6) is 5.75 Å². The molecule has 1 aromatic rings. The van der Waals surface area contributed by atoms with E-state index in [0.717, 1.165) is 18.4 Å². The van der Waals surface area contributed by atoms with E-state index in [1.807, 2.05) is 0 Å². The fourth-order valence-electron chi connectivity index (χ4n) is 0.942. The number of nitrogens with zero attached hydrogens (tertiary/aromatic N) is 1. The minimum absolute atomic E-state index is 0.0335. The lowest BCUT2D eigenvalue weighted by Crippen LogP contribution is -2.00. The van der Waals surface area contributed by atoms with Crippen LogP contribution >= 0.6 is 11.6 Å². The number of halogens is 1. The molecule has 0 radical (unpaired) electrons. The summed E-state index contributed by atoms with van der Waals surface area (Å²) in [5, 5.41) is 9.56. The number of hydrogen-bond acceptors (Lipinski definition) is 3. The first-order chi connectivity index (χ1) is 5.75. The highest BCUT2D eigenvalue weighted by Gasteiger charge is 2.04. The summed E-state index contributed by atoms with van der Waals surface area (Å²) in [5.74, 6) is 0.0335. The van der Waals surface area contributed by atoms with E-state index in [2.05, 4.69) is 4.98 Å². The highest BCUT2D eigenvalue weighted by atomic mass is 35.5. The van der Waals surface area contributed by atoms with E-state index >= 15 is 0 Å². The molecule has 4 heteroatoms. The SMILES string of the molecule is NCCCc1cncc(O)c1Cl. The zero-order valence-corrected chi connectivity index (χ0v) is 7.38. The Hall–Kier alpha value is -0.800. The van der Waals surface area contributed by atoms with Crippen LogP contribution in [-0.4, -0.2) is 16.6 Å². The van der Waals surface area contributed by atoms with E-state index in [9.17, 15) is 5.11 Å². The smallest absolute Gasteiger partial charge is 0.152 e. The van der Waals surface area contributed by atoms with E-state index in [4.69, 9.17) is 17.3 Å². The van der Waals surface area contributed by atoms with Crippen molar-refractivity contribution in [2.24, 2.45) is 5.73 Å². The highest BCUT2D eigenvalue weighted by Crippen LogP contribution is 2.25. The monoisotopic (exact) mass is 186 g/mol. The quantitative estimate of drug-likeness (QED) is 0.749. The molecule has 0 aliphatic rings. The van der Waals surface area contributed by atoms with Crippen LogP contribution in [0.15, 0.2) is 12.4 Å². The summed E-state index contributed by atoms with van der Waals surface area (Å²) in [4.78, 5) is 3.82. The fourth-order valence-corrected chi connectivity index (χ4v) is 1.13. The van der Waals surface area contributed by atoms with Gasteiger partial charge in [0.2, 0.25) is 0 Å². The van der Waals surface area contributed by atoms with Gasteiger partial charge in [0.25, 0.3) is 0 Å². The van der Waals surface area contributed by atoms with Crippen LogP contribution in [-0.2, 0) is 6.42 Å². The minimum Gasteiger partial charge on any atom is -0.505 e. The Balaban J connectivity index is 2.78. The van der Waals surface area contributed by atoms with Crippen molar-refractivity contribution in [2.75, 3.05) is 6.54 Å². The van der Waals surface area contributed by atoms with Crippen LogP contribution in [0.25, 0.3) is 0 Å². The van der Waals surface area contributed by atoms with Gasteiger partial charge in [0.15, 0.2) is 5.75 Å². The van der Waals surface area contributed by atoms with Crippen molar-refractivity contribution >= 4 is 11.6 Å². The predicted octanol–water partition coefficient (Wildman–Crippen LogP) is 1.33. The Kier molecular flexibility index (Phi) is 3.31. The van der Waals surface area contributed by atoms with Crippen molar-refractivity contribution in [3.63, 3.8) is 0 Å². The molecule has 0 saturated heterocycles. The van der Waals surface area contributed by atoms with E-state index in [1.54, 1.807) is 6.20 Å². The normalized spacial score (nSPS) is 10.2. The van der Waals surface area contributed by atoms with Crippen molar-refractivity contribution in [3.05, 3.63) is 23.0 Å². The van der Waals surface area contributed by atoms with E-state index in [-0.39, 0.29) is 5.75 Å². The molecular weight excluding hydrogens is 176 g/mol. The molecule has 0 aromatic carbocycles. The molecule has 3 N–H and O–H groups in total. The highest BCUT2D eigenvalue weighted by molar-refractivity contribution is 6.32. The van der Waals surface area contributed by atoms with Crippen molar-refractivity contribution in [3.8, 4) is 5.75 Å². The van der Waals surface area contributed by atoms with Crippen LogP contribution < -0.4 is 5.73 Å². The van der Waals surface area contributed by atoms with Crippen LogP contribution in [0.4, 0.5) is 0 Å². The molecule has 0 aliphatic heterocycles. The molecule has 0 atom stereocenters. The molecule has 12 heavy (non-hydrogen) atoms. The van der Waals surface area contributed by atoms with E-state index in [0.29, 0.717) is 11.6 Å². The van der Waals surface area contributed by atoms with Crippen LogP contribution in [0.2, 0.25) is 5.02 Å². The Morgan fingerprint density at radius 1 is 1.50 bits per heavy atom. The van der Waals surface area contributed by atoms with Crippen LogP contribution in [0, 0.1) is 0 Å². The van der Waals surface area contributed by atoms with E-state index < -0.39 is 0 Å². The van der Waals surface area contributed by atoms with E-state index in [1.165, 1.54) is 6.20 Å². The van der Waals surface area contributed by atoms with Crippen molar-refractivity contribution in [1.82, 2.24) is 4.98 Å². The molecule has 1 heterocycles. The fraction of sp³-hybridized carbons (Fsp3) is 0.375. The van der Waals surface area contributed by atoms with Crippen molar-refractivity contribution in [1.29, 1.82) is 0 Å². The lowest BCUT2D eigenvalue weighted by atomic mass is 10.1. The summed E-state index contributed by atoms with van der Waals surface area (Å²) in [7, 11) is 0. The zero-order valence-electron chi connectivity index (χ0n) is 6.63. The second-order valence-corrected chi connectivity index (χ2v) is 2.90. The van der Waals surface area contributed by atoms with Gasteiger partial charge in [0, 0.05) is 6.20 Å². The van der Waals surface area contributed by atoms with Gasteiger partial charge in [0.1, 0.15) is 0 Å². The van der Waals surface area contributed by atoms with Gasteiger partial charge in [-0.2, -0.15) is 0 Å². The molecule has 3 nitrogen and oxygen atoms in total. The number of aryl methyl sites for hydroxylation is 1. The molecule has 0 spiro atoms. The molecule has 0 saturated carbocycles. The maximum Gasteiger partial charge on any atom is 0.152 e. The van der Waals surface area contributed by atoms with Crippen LogP contribution in [0.1, 0.15) is 12.0 Å². The minimum atomic E-state index is 0.0335. The number of aromatic nitrogens is 1. The molecular formula is C8H11ClN2O. The van der Waals surface area contributed by atoms with Gasteiger partial charge in [-0.1, -0.05) is 11.6 Å². The maximum absolute atomic E-state index is 9.17. The molecule has 0 fully saturated rings. The number of rotatable bonds is 3. The second kappa shape index (κ2) is 4.28. The van der Waals surface area contributed by atoms with Gasteiger partial charge in [-0.15, -0.1) is 0 Å². The third-order valence-electron chi connectivity index (χ3n) is 1.58. The molecule has 0 aliphatic carbocycles. The summed E-state index contributed by atoms with van der Waals surface area (Å²) in [5.41, 5.74) is 6.19. The Morgan fingerprint density at radius 2 is 2.25 bits per heavy atom. The number of pyridine rings is 1. The molecule has 66 valence electrons. The third kappa shape index (κ3) is 2.09. The first-order valence-electron chi connectivity index (χ1n) is 3.77. The number of aromatic hydroxyl groups is 1. The zero-order chi connectivity index (χ0) is 8.97. The molecule has 1 rings (SSSR count). The van der Waals surface area contributed by atoms with Gasteiger partial charge in [-0.3, -0.25) is 4.98 Å². The van der Waals surface area contributed by atoms with Crippen LogP contribution in [0.3, 0.4) is 0 Å². The molecule has 0 unspecified atom stereocenters. The Morgan fingerprint density at radius 3 is 2.92 bits per heavy atom. The number of nitrogens with two attached hydrogens (primary N) is 1. The van der Waals surface area contributed by atoms with Gasteiger partial charge in [-0.05, 0) is 24.9 Å². The largest absolute Gasteiger partial charge is 0.505 e. The molecule has 1 aromatic heterocycles. The first kappa shape index (κ1) is 9.29. The van der Waals surface area contributed by atoms with Gasteiger partial charge in [-0.25, -0.2) is 0 Å². The summed E-state index contributed by atoms with van der Waals surface area (Å²) in [6, 6.07) is 0. The first-order valence-corrected chi connectivity index (χ1v) is 4.15. The van der Waals surface area contributed by atoms with Gasteiger partial charge in [0.05, 0.1) is 11.2 Å². The summed E-state index contributed by atoms with van der Waals surface area (Å²) >= 11 is 5.80. The summed E-state index contributed by atoms with van der Waals surface area (Å²) in [6.45, 7) is 0.617. The average molecular weight is 187 g/mol. The lowest BCUT2D eigenvalue weighted by molar-refractivity contribution is 0.472. The third-order valence-corrected chi connectivity index (χ3v) is 2.02. The summed E-state index contributed by atoms with van der Waals surface area (Å²) < 4.78 is 0. The average Bonchev–Trinajstić information content (AvgIpc) is 2.08. The predicted molar refractivity (Wildman–Crippen MR) is 48.3 cm³/mol. The lowest BCUT2D eigenvalue weighted by Gasteiger charge is -2.02. The standard InChI is InChI=1S/C8H11ClN2O/c9-8-6(2-1-3-10)4-11-5-7(8)12/h4-5,12H,1-3,10H2. The molecule has 0 bridgehead atoms. The topological polar surface area (TPSA) is 59.1 Å². The Bertz CT molecular complexity index is 265. The Labute approximate surface area is 76.2 Å². The van der Waals surface area contributed by atoms with Crippen molar-refractivity contribution < 1.29 is 5.11 Å². The van der Waals surface area contributed by atoms with Crippen molar-refractivity contribution in [2.45, 2.75) is 12.8 Å².